The van der Waals surface area contributed by atoms with Gasteiger partial charge < -0.3 is 20.5 Å². The van der Waals surface area contributed by atoms with Crippen molar-refractivity contribution in [2.45, 2.75) is 19.0 Å². The van der Waals surface area contributed by atoms with Gasteiger partial charge in [0.2, 0.25) is 0 Å². The number of anilines is 1. The van der Waals surface area contributed by atoms with Crippen molar-refractivity contribution in [3.8, 4) is 0 Å². The highest BCUT2D eigenvalue weighted by Crippen LogP contribution is 2.27. The van der Waals surface area contributed by atoms with E-state index < -0.39 is 0 Å². The lowest BCUT2D eigenvalue weighted by Crippen LogP contribution is -2.48. The van der Waals surface area contributed by atoms with Crippen molar-refractivity contribution in [3.63, 3.8) is 0 Å². The van der Waals surface area contributed by atoms with Crippen molar-refractivity contribution >= 4 is 5.69 Å². The summed E-state index contributed by atoms with van der Waals surface area (Å²) < 4.78 is 5.39. The standard InChI is InChI=1S/C13H20N2O2/c1-10(14)12-4-2-3-5-13(12)15-6-7-17-9-11(15)8-16/h2-5,10-11,16H,6-9,14H2,1H3/t10-,11?/m1/s1. The molecule has 4 nitrogen and oxygen atoms in total. The molecule has 1 saturated heterocycles. The summed E-state index contributed by atoms with van der Waals surface area (Å²) in [7, 11) is 0. The largest absolute Gasteiger partial charge is 0.394 e. The van der Waals surface area contributed by atoms with Crippen molar-refractivity contribution in [1.82, 2.24) is 0 Å². The topological polar surface area (TPSA) is 58.7 Å². The summed E-state index contributed by atoms with van der Waals surface area (Å²) in [6, 6.07) is 8.13. The Morgan fingerprint density at radius 1 is 1.53 bits per heavy atom. The van der Waals surface area contributed by atoms with E-state index in [9.17, 15) is 5.11 Å². The van der Waals surface area contributed by atoms with E-state index in [1.807, 2.05) is 25.1 Å². The van der Waals surface area contributed by atoms with Gasteiger partial charge in [-0.2, -0.15) is 0 Å². The Hall–Kier alpha value is -1.10. The molecule has 3 N–H and O–H groups in total. The van der Waals surface area contributed by atoms with E-state index in [4.69, 9.17) is 10.5 Å². The SMILES string of the molecule is C[C@@H](N)c1ccccc1N1CCOCC1CO. The predicted molar refractivity (Wildman–Crippen MR) is 68.1 cm³/mol. The number of aliphatic hydroxyl groups is 1. The Kier molecular flexibility index (Phi) is 3.99. The molecule has 1 fully saturated rings. The number of morpholine rings is 1. The zero-order chi connectivity index (χ0) is 12.3. The maximum atomic E-state index is 9.40. The first-order chi connectivity index (χ1) is 8.24. The number of aliphatic hydroxyl groups excluding tert-OH is 1. The number of nitrogens with two attached hydrogens (primary N) is 1. The monoisotopic (exact) mass is 236 g/mol. The molecule has 1 unspecified atom stereocenters. The van der Waals surface area contributed by atoms with Crippen molar-refractivity contribution in [3.05, 3.63) is 29.8 Å². The molecule has 0 spiro atoms. The van der Waals surface area contributed by atoms with Gasteiger partial charge in [0.1, 0.15) is 0 Å². The summed E-state index contributed by atoms with van der Waals surface area (Å²) in [5.74, 6) is 0. The van der Waals surface area contributed by atoms with Gasteiger partial charge in [-0.25, -0.2) is 0 Å². The number of hydrogen-bond donors (Lipinski definition) is 2. The summed E-state index contributed by atoms with van der Waals surface area (Å²) in [5, 5.41) is 9.40. The van der Waals surface area contributed by atoms with Crippen molar-refractivity contribution < 1.29 is 9.84 Å². The van der Waals surface area contributed by atoms with E-state index in [0.717, 1.165) is 17.8 Å². The number of benzene rings is 1. The molecule has 94 valence electrons. The molecule has 4 heteroatoms. The fourth-order valence-electron chi connectivity index (χ4n) is 2.26. The summed E-state index contributed by atoms with van der Waals surface area (Å²) in [4.78, 5) is 2.20. The average Bonchev–Trinajstić information content (AvgIpc) is 2.38. The molecule has 0 aromatic heterocycles. The Bertz CT molecular complexity index is 368. The van der Waals surface area contributed by atoms with Crippen LogP contribution in [0.25, 0.3) is 0 Å². The van der Waals surface area contributed by atoms with Gasteiger partial charge in [0.05, 0.1) is 25.9 Å². The number of hydrogen-bond acceptors (Lipinski definition) is 4. The lowest BCUT2D eigenvalue weighted by atomic mass is 10.0. The molecular formula is C13H20N2O2. The summed E-state index contributed by atoms with van der Waals surface area (Å²) >= 11 is 0. The van der Waals surface area contributed by atoms with Gasteiger partial charge in [0.25, 0.3) is 0 Å². The summed E-state index contributed by atoms with van der Waals surface area (Å²) in [6.45, 7) is 4.16. The molecule has 1 aliphatic rings. The van der Waals surface area contributed by atoms with E-state index in [2.05, 4.69) is 11.0 Å². The molecule has 1 aromatic carbocycles. The molecule has 0 amide bonds. The third-order valence-corrected chi connectivity index (χ3v) is 3.18. The predicted octanol–water partition coefficient (Wildman–Crippen LogP) is 0.904. The normalized spacial score (nSPS) is 22.5. The molecule has 2 atom stereocenters. The third kappa shape index (κ3) is 2.60. The van der Waals surface area contributed by atoms with Crippen LogP contribution in [0, 0.1) is 0 Å². The van der Waals surface area contributed by atoms with Gasteiger partial charge in [-0.1, -0.05) is 18.2 Å². The van der Waals surface area contributed by atoms with E-state index in [1.54, 1.807) is 0 Å². The minimum atomic E-state index is -0.00612. The van der Waals surface area contributed by atoms with Crippen LogP contribution in [0.4, 0.5) is 5.69 Å². The fourth-order valence-corrected chi connectivity index (χ4v) is 2.26. The molecule has 1 heterocycles. The molecule has 1 aliphatic heterocycles. The minimum Gasteiger partial charge on any atom is -0.394 e. The molecule has 2 rings (SSSR count). The second kappa shape index (κ2) is 5.49. The van der Waals surface area contributed by atoms with Crippen LogP contribution >= 0.6 is 0 Å². The number of rotatable bonds is 3. The Morgan fingerprint density at radius 3 is 3.00 bits per heavy atom. The van der Waals surface area contributed by atoms with Crippen LogP contribution in [-0.4, -0.2) is 37.5 Å². The van der Waals surface area contributed by atoms with E-state index in [0.29, 0.717) is 13.2 Å². The molecule has 0 aliphatic carbocycles. The molecule has 1 aromatic rings. The van der Waals surface area contributed by atoms with Crippen molar-refractivity contribution in [2.75, 3.05) is 31.3 Å². The Morgan fingerprint density at radius 2 is 2.29 bits per heavy atom. The first-order valence-corrected chi connectivity index (χ1v) is 6.03. The van der Waals surface area contributed by atoms with Crippen LogP contribution in [0.5, 0.6) is 0 Å². The first-order valence-electron chi connectivity index (χ1n) is 6.03. The molecule has 0 bridgehead atoms. The second-order valence-electron chi connectivity index (χ2n) is 4.45. The van der Waals surface area contributed by atoms with Crippen LogP contribution in [0.15, 0.2) is 24.3 Å². The van der Waals surface area contributed by atoms with Crippen LogP contribution in [0.1, 0.15) is 18.5 Å². The van der Waals surface area contributed by atoms with Crippen LogP contribution < -0.4 is 10.6 Å². The van der Waals surface area contributed by atoms with E-state index >= 15 is 0 Å². The highest BCUT2D eigenvalue weighted by atomic mass is 16.5. The van der Waals surface area contributed by atoms with Gasteiger partial charge in [0, 0.05) is 18.3 Å². The zero-order valence-electron chi connectivity index (χ0n) is 10.2. The molecule has 0 radical (unpaired) electrons. The van der Waals surface area contributed by atoms with Crippen molar-refractivity contribution in [2.24, 2.45) is 5.73 Å². The smallest absolute Gasteiger partial charge is 0.0755 e. The molecular weight excluding hydrogens is 216 g/mol. The number of para-hydroxylation sites is 1. The molecule has 0 saturated carbocycles. The Labute approximate surface area is 102 Å². The van der Waals surface area contributed by atoms with Gasteiger partial charge in [-0.15, -0.1) is 0 Å². The van der Waals surface area contributed by atoms with E-state index in [1.165, 1.54) is 0 Å². The quantitative estimate of drug-likeness (QED) is 0.819. The third-order valence-electron chi connectivity index (χ3n) is 3.18. The van der Waals surface area contributed by atoms with Crippen LogP contribution in [0.3, 0.4) is 0 Å². The Balaban J connectivity index is 2.31. The highest BCUT2D eigenvalue weighted by molar-refractivity contribution is 5.56. The lowest BCUT2D eigenvalue weighted by molar-refractivity contribution is 0.0726. The molecule has 17 heavy (non-hydrogen) atoms. The number of nitrogens with zero attached hydrogens (tertiary/aromatic N) is 1. The van der Waals surface area contributed by atoms with Crippen LogP contribution in [0.2, 0.25) is 0 Å². The number of ether oxygens (including phenoxy) is 1. The fraction of sp³-hybridized carbons (Fsp3) is 0.538. The maximum Gasteiger partial charge on any atom is 0.0755 e. The minimum absolute atomic E-state index is 0.00612. The lowest BCUT2D eigenvalue weighted by Gasteiger charge is -2.37. The van der Waals surface area contributed by atoms with E-state index in [-0.39, 0.29) is 18.7 Å². The maximum absolute atomic E-state index is 9.40. The summed E-state index contributed by atoms with van der Waals surface area (Å²) in [6.07, 6.45) is 0. The van der Waals surface area contributed by atoms with Gasteiger partial charge in [0.15, 0.2) is 0 Å². The van der Waals surface area contributed by atoms with Crippen LogP contribution in [-0.2, 0) is 4.74 Å². The van der Waals surface area contributed by atoms with Gasteiger partial charge in [-0.3, -0.25) is 0 Å². The second-order valence-corrected chi connectivity index (χ2v) is 4.45. The van der Waals surface area contributed by atoms with Gasteiger partial charge in [-0.05, 0) is 18.6 Å². The highest BCUT2D eigenvalue weighted by Gasteiger charge is 2.24. The summed E-state index contributed by atoms with van der Waals surface area (Å²) in [5.41, 5.74) is 8.22. The average molecular weight is 236 g/mol. The van der Waals surface area contributed by atoms with Gasteiger partial charge >= 0.3 is 0 Å². The zero-order valence-corrected chi connectivity index (χ0v) is 10.2. The first kappa shape index (κ1) is 12.4. The van der Waals surface area contributed by atoms with Crippen molar-refractivity contribution in [1.29, 1.82) is 0 Å².